The molecule has 0 aromatic carbocycles. The Hall–Kier alpha value is -1.51. The zero-order valence-electron chi connectivity index (χ0n) is 10.1. The third kappa shape index (κ3) is 4.27. The second-order valence-corrected chi connectivity index (χ2v) is 4.23. The van der Waals surface area contributed by atoms with Gasteiger partial charge in [0, 0.05) is 13.1 Å². The van der Waals surface area contributed by atoms with Gasteiger partial charge in [-0.15, -0.1) is 0 Å². The van der Waals surface area contributed by atoms with Gasteiger partial charge in [0.2, 0.25) is 0 Å². The zero-order valence-corrected chi connectivity index (χ0v) is 10.1. The van der Waals surface area contributed by atoms with Gasteiger partial charge in [0.1, 0.15) is 12.6 Å². The molecule has 9 heteroatoms. The van der Waals surface area contributed by atoms with Gasteiger partial charge in [-0.2, -0.15) is 13.2 Å². The summed E-state index contributed by atoms with van der Waals surface area (Å²) in [5.74, 6) is -1.23. The second kappa shape index (κ2) is 6.09. The van der Waals surface area contributed by atoms with Crippen LogP contribution in [-0.2, 0) is 4.79 Å². The Labute approximate surface area is 107 Å². The summed E-state index contributed by atoms with van der Waals surface area (Å²) in [5, 5.41) is 17.6. The third-order valence-electron chi connectivity index (χ3n) is 2.79. The van der Waals surface area contributed by atoms with Crippen LogP contribution in [0.25, 0.3) is 0 Å². The Bertz CT molecular complexity index is 348. The number of carboxylic acids is 1. The molecule has 6 nitrogen and oxygen atoms in total. The molecule has 1 saturated heterocycles. The Morgan fingerprint density at radius 1 is 1.37 bits per heavy atom. The summed E-state index contributed by atoms with van der Waals surface area (Å²) in [6.45, 7) is -2.50. The van der Waals surface area contributed by atoms with Crippen molar-refractivity contribution in [3.8, 4) is 0 Å². The van der Waals surface area contributed by atoms with Gasteiger partial charge >= 0.3 is 18.2 Å². The van der Waals surface area contributed by atoms with E-state index in [0.717, 1.165) is 4.90 Å². The fraction of sp³-hybridized carbons (Fsp3) is 0.800. The van der Waals surface area contributed by atoms with Crippen LogP contribution in [0.5, 0.6) is 0 Å². The summed E-state index contributed by atoms with van der Waals surface area (Å²) < 4.78 is 37.0. The van der Waals surface area contributed by atoms with Crippen molar-refractivity contribution in [2.45, 2.75) is 25.1 Å². The molecule has 0 aromatic rings. The molecule has 0 saturated carbocycles. The summed E-state index contributed by atoms with van der Waals surface area (Å²) >= 11 is 0. The number of nitrogens with zero attached hydrogens (tertiary/aromatic N) is 2. The van der Waals surface area contributed by atoms with Gasteiger partial charge in [-0.05, 0) is 12.8 Å². The monoisotopic (exact) mass is 284 g/mol. The maximum absolute atomic E-state index is 12.3. The number of carboxylic acid groups (broad SMARTS) is 1. The van der Waals surface area contributed by atoms with E-state index in [1.54, 1.807) is 0 Å². The number of likely N-dealkylation sites (tertiary alicyclic amines) is 1. The van der Waals surface area contributed by atoms with Crippen LogP contribution in [-0.4, -0.2) is 70.5 Å². The summed E-state index contributed by atoms with van der Waals surface area (Å²) in [6.07, 6.45) is -3.94. The number of hydrogen-bond acceptors (Lipinski definition) is 3. The minimum atomic E-state index is -4.59. The number of aliphatic carboxylic acids is 1. The number of halogens is 3. The number of urea groups is 1. The predicted octanol–water partition coefficient (Wildman–Crippen LogP) is 0.512. The van der Waals surface area contributed by atoms with Crippen LogP contribution < -0.4 is 0 Å². The number of carbonyl (C=O) groups excluding carboxylic acids is 1. The lowest BCUT2D eigenvalue weighted by Gasteiger charge is -2.30. The summed E-state index contributed by atoms with van der Waals surface area (Å²) in [7, 11) is 0. The molecule has 0 aromatic heterocycles. The van der Waals surface area contributed by atoms with Crippen molar-refractivity contribution in [3.05, 3.63) is 0 Å². The van der Waals surface area contributed by atoms with Gasteiger partial charge in [-0.1, -0.05) is 0 Å². The zero-order chi connectivity index (χ0) is 14.6. The first-order valence-electron chi connectivity index (χ1n) is 5.72. The highest BCUT2D eigenvalue weighted by atomic mass is 19.4. The number of aliphatic hydroxyl groups is 1. The lowest BCUT2D eigenvalue weighted by molar-refractivity contribution is -0.144. The Kier molecular flexibility index (Phi) is 4.98. The van der Waals surface area contributed by atoms with E-state index in [0.29, 0.717) is 11.3 Å². The van der Waals surface area contributed by atoms with Crippen LogP contribution in [0.1, 0.15) is 12.8 Å². The maximum atomic E-state index is 12.3. The molecule has 1 fully saturated rings. The minimum absolute atomic E-state index is 0.107. The molecular weight excluding hydrogens is 269 g/mol. The molecule has 2 N–H and O–H groups in total. The average molecular weight is 284 g/mol. The van der Waals surface area contributed by atoms with Crippen molar-refractivity contribution in [2.75, 3.05) is 26.2 Å². The van der Waals surface area contributed by atoms with Crippen molar-refractivity contribution in [1.82, 2.24) is 9.80 Å². The first kappa shape index (κ1) is 15.5. The molecule has 1 aliphatic rings. The highest BCUT2D eigenvalue weighted by Gasteiger charge is 2.39. The SMILES string of the molecule is O=C(O)[C@H]1CCCN1C(=O)N(CCO)CC(F)(F)F. The van der Waals surface area contributed by atoms with Gasteiger partial charge in [-0.25, -0.2) is 9.59 Å². The molecule has 2 amide bonds. The molecule has 0 spiro atoms. The van der Waals surface area contributed by atoms with Crippen molar-refractivity contribution in [3.63, 3.8) is 0 Å². The Balaban J connectivity index is 2.78. The molecule has 110 valence electrons. The molecule has 0 radical (unpaired) electrons. The number of hydrogen-bond donors (Lipinski definition) is 2. The Morgan fingerprint density at radius 3 is 2.47 bits per heavy atom. The number of carbonyl (C=O) groups is 2. The number of rotatable bonds is 4. The van der Waals surface area contributed by atoms with Gasteiger partial charge in [0.25, 0.3) is 0 Å². The fourth-order valence-corrected chi connectivity index (χ4v) is 2.01. The van der Waals surface area contributed by atoms with Gasteiger partial charge in [0.05, 0.1) is 6.61 Å². The molecule has 0 aliphatic carbocycles. The van der Waals surface area contributed by atoms with E-state index < -0.39 is 43.9 Å². The Morgan fingerprint density at radius 2 is 2.00 bits per heavy atom. The number of amides is 2. The van der Waals surface area contributed by atoms with Gasteiger partial charge in [-0.3, -0.25) is 0 Å². The molecular formula is C10H15F3N2O4. The van der Waals surface area contributed by atoms with Crippen molar-refractivity contribution < 1.29 is 33.0 Å². The first-order chi connectivity index (χ1) is 8.76. The minimum Gasteiger partial charge on any atom is -0.480 e. The van der Waals surface area contributed by atoms with Crippen LogP contribution in [0, 0.1) is 0 Å². The highest BCUT2D eigenvalue weighted by Crippen LogP contribution is 2.22. The quantitative estimate of drug-likeness (QED) is 0.788. The highest BCUT2D eigenvalue weighted by molar-refractivity contribution is 5.83. The van der Waals surface area contributed by atoms with Crippen molar-refractivity contribution >= 4 is 12.0 Å². The van der Waals surface area contributed by atoms with E-state index in [-0.39, 0.29) is 13.0 Å². The standard InChI is InChI=1S/C10H15F3N2O4/c11-10(12,13)6-14(4-5-16)9(19)15-3-1-2-7(15)8(17)18/h7,16H,1-6H2,(H,17,18)/t7-/m1/s1. The van der Waals surface area contributed by atoms with Crippen LogP contribution in [0.15, 0.2) is 0 Å². The summed E-state index contributed by atoms with van der Waals surface area (Å²) in [5.41, 5.74) is 0. The molecule has 1 aliphatic heterocycles. The van der Waals surface area contributed by atoms with E-state index >= 15 is 0 Å². The third-order valence-corrected chi connectivity index (χ3v) is 2.79. The molecule has 1 atom stereocenters. The normalized spacial score (nSPS) is 19.6. The lowest BCUT2D eigenvalue weighted by atomic mass is 10.2. The van der Waals surface area contributed by atoms with Crippen LogP contribution in [0.2, 0.25) is 0 Å². The van der Waals surface area contributed by atoms with Crippen LogP contribution in [0.3, 0.4) is 0 Å². The number of aliphatic hydroxyl groups excluding tert-OH is 1. The topological polar surface area (TPSA) is 81.1 Å². The summed E-state index contributed by atoms with van der Waals surface area (Å²) in [4.78, 5) is 24.1. The molecule has 19 heavy (non-hydrogen) atoms. The molecule has 1 heterocycles. The smallest absolute Gasteiger partial charge is 0.406 e. The van der Waals surface area contributed by atoms with Crippen LogP contribution in [0.4, 0.5) is 18.0 Å². The molecule has 0 bridgehead atoms. The largest absolute Gasteiger partial charge is 0.480 e. The maximum Gasteiger partial charge on any atom is 0.406 e. The molecule has 0 unspecified atom stereocenters. The van der Waals surface area contributed by atoms with Crippen molar-refractivity contribution in [2.24, 2.45) is 0 Å². The summed E-state index contributed by atoms with van der Waals surface area (Å²) in [6, 6.07) is -2.10. The predicted molar refractivity (Wildman–Crippen MR) is 57.5 cm³/mol. The van der Waals surface area contributed by atoms with E-state index in [2.05, 4.69) is 0 Å². The second-order valence-electron chi connectivity index (χ2n) is 4.23. The van der Waals surface area contributed by atoms with E-state index in [4.69, 9.17) is 10.2 Å². The molecule has 1 rings (SSSR count). The van der Waals surface area contributed by atoms with Gasteiger partial charge in [0.15, 0.2) is 0 Å². The lowest BCUT2D eigenvalue weighted by Crippen LogP contribution is -2.51. The fourth-order valence-electron chi connectivity index (χ4n) is 2.01. The van der Waals surface area contributed by atoms with Gasteiger partial charge < -0.3 is 20.0 Å². The first-order valence-corrected chi connectivity index (χ1v) is 5.72. The van der Waals surface area contributed by atoms with E-state index in [1.807, 2.05) is 0 Å². The van der Waals surface area contributed by atoms with E-state index in [9.17, 15) is 22.8 Å². The van der Waals surface area contributed by atoms with E-state index in [1.165, 1.54) is 0 Å². The average Bonchev–Trinajstić information content (AvgIpc) is 2.74. The van der Waals surface area contributed by atoms with Crippen molar-refractivity contribution in [1.29, 1.82) is 0 Å². The van der Waals surface area contributed by atoms with Crippen LogP contribution >= 0.6 is 0 Å². The number of alkyl halides is 3.